The van der Waals surface area contributed by atoms with E-state index < -0.39 is 5.97 Å². The first-order chi connectivity index (χ1) is 6.18. The maximum absolute atomic E-state index is 10.8. The molecule has 0 bridgehead atoms. The van der Waals surface area contributed by atoms with Crippen molar-refractivity contribution in [1.29, 1.82) is 0 Å². The molecule has 1 fully saturated rings. The molecule has 0 aliphatic heterocycles. The first-order valence-corrected chi connectivity index (χ1v) is 4.45. The summed E-state index contributed by atoms with van der Waals surface area (Å²) in [5.74, 6) is -0.611. The fourth-order valence-corrected chi connectivity index (χ4v) is 1.46. The number of carboxylic acid groups (broad SMARTS) is 1. The van der Waals surface area contributed by atoms with Crippen molar-refractivity contribution in [2.24, 2.45) is 0 Å². The summed E-state index contributed by atoms with van der Waals surface area (Å²) in [5.41, 5.74) is 0.923. The van der Waals surface area contributed by atoms with Crippen LogP contribution < -0.4 is 0 Å². The lowest BCUT2D eigenvalue weighted by Crippen LogP contribution is -2.03. The molecule has 68 valence electrons. The van der Waals surface area contributed by atoms with Crippen LogP contribution in [0.1, 0.15) is 34.8 Å². The number of halogens is 1. The van der Waals surface area contributed by atoms with E-state index in [1.165, 1.54) is 12.3 Å². The molecule has 0 saturated heterocycles. The summed E-state index contributed by atoms with van der Waals surface area (Å²) in [6, 6.07) is 1.46. The Morgan fingerprint density at radius 1 is 1.62 bits per heavy atom. The Morgan fingerprint density at radius 2 is 2.31 bits per heavy atom. The lowest BCUT2D eigenvalue weighted by molar-refractivity contribution is 0.0695. The highest BCUT2D eigenvalue weighted by Crippen LogP contribution is 2.40. The molecule has 2 rings (SSSR count). The SMILES string of the molecule is O=C(O)c1cc(Cl)cnc1C1CC1. The first-order valence-electron chi connectivity index (χ1n) is 4.07. The van der Waals surface area contributed by atoms with Gasteiger partial charge in [0.15, 0.2) is 0 Å². The third-order valence-electron chi connectivity index (χ3n) is 2.08. The molecule has 0 spiro atoms. The number of hydrogen-bond donors (Lipinski definition) is 1. The molecule has 1 aromatic rings. The molecule has 4 heteroatoms. The summed E-state index contributed by atoms with van der Waals surface area (Å²) >= 11 is 5.66. The average Bonchev–Trinajstić information content (AvgIpc) is 2.87. The minimum absolute atomic E-state index is 0.245. The molecule has 1 saturated carbocycles. The van der Waals surface area contributed by atoms with Gasteiger partial charge in [-0.1, -0.05) is 11.6 Å². The average molecular weight is 198 g/mol. The molecule has 1 aromatic heterocycles. The van der Waals surface area contributed by atoms with Gasteiger partial charge in [0.1, 0.15) is 0 Å². The molecular formula is C9H8ClNO2. The summed E-state index contributed by atoms with van der Waals surface area (Å²) in [6.45, 7) is 0. The van der Waals surface area contributed by atoms with Gasteiger partial charge in [-0.2, -0.15) is 0 Å². The van der Waals surface area contributed by atoms with E-state index in [2.05, 4.69) is 4.98 Å². The van der Waals surface area contributed by atoms with Crippen LogP contribution in [0.25, 0.3) is 0 Å². The van der Waals surface area contributed by atoms with Crippen LogP contribution >= 0.6 is 11.6 Å². The van der Waals surface area contributed by atoms with Crippen LogP contribution in [0.15, 0.2) is 12.3 Å². The number of hydrogen-bond acceptors (Lipinski definition) is 2. The number of carboxylic acids is 1. The van der Waals surface area contributed by atoms with Gasteiger partial charge in [0, 0.05) is 12.1 Å². The van der Waals surface area contributed by atoms with Gasteiger partial charge >= 0.3 is 5.97 Å². The van der Waals surface area contributed by atoms with Crippen molar-refractivity contribution >= 4 is 17.6 Å². The maximum Gasteiger partial charge on any atom is 0.337 e. The van der Waals surface area contributed by atoms with Gasteiger partial charge < -0.3 is 5.11 Å². The van der Waals surface area contributed by atoms with E-state index >= 15 is 0 Å². The van der Waals surface area contributed by atoms with E-state index in [4.69, 9.17) is 16.7 Å². The Morgan fingerprint density at radius 3 is 2.85 bits per heavy atom. The molecule has 0 atom stereocenters. The third-order valence-corrected chi connectivity index (χ3v) is 2.29. The van der Waals surface area contributed by atoms with Gasteiger partial charge in [-0.15, -0.1) is 0 Å². The Bertz CT molecular complexity index is 361. The standard InChI is InChI=1S/C9H8ClNO2/c10-6-3-7(9(12)13)8(11-4-6)5-1-2-5/h3-5H,1-2H2,(H,12,13). The molecule has 1 N–H and O–H groups in total. The van der Waals surface area contributed by atoms with Gasteiger partial charge in [-0.3, -0.25) is 4.98 Å². The highest BCUT2D eigenvalue weighted by Gasteiger charge is 2.29. The zero-order valence-electron chi connectivity index (χ0n) is 6.83. The van der Waals surface area contributed by atoms with E-state index in [0.717, 1.165) is 12.8 Å². The van der Waals surface area contributed by atoms with E-state index in [0.29, 0.717) is 16.6 Å². The van der Waals surface area contributed by atoms with Crippen molar-refractivity contribution in [3.05, 3.63) is 28.5 Å². The van der Waals surface area contributed by atoms with Crippen LogP contribution in [-0.4, -0.2) is 16.1 Å². The van der Waals surface area contributed by atoms with Crippen LogP contribution in [0, 0.1) is 0 Å². The second kappa shape index (κ2) is 3.00. The fourth-order valence-electron chi connectivity index (χ4n) is 1.30. The molecular weight excluding hydrogens is 190 g/mol. The molecule has 0 aromatic carbocycles. The first kappa shape index (κ1) is 8.51. The van der Waals surface area contributed by atoms with Crippen molar-refractivity contribution in [1.82, 2.24) is 4.98 Å². The zero-order chi connectivity index (χ0) is 9.42. The second-order valence-corrected chi connectivity index (χ2v) is 3.60. The zero-order valence-corrected chi connectivity index (χ0v) is 7.58. The van der Waals surface area contributed by atoms with Crippen molar-refractivity contribution in [3.63, 3.8) is 0 Å². The second-order valence-electron chi connectivity index (χ2n) is 3.17. The van der Waals surface area contributed by atoms with Crippen LogP contribution in [0.2, 0.25) is 5.02 Å². The number of carbonyl (C=O) groups is 1. The van der Waals surface area contributed by atoms with Gasteiger partial charge in [-0.05, 0) is 18.9 Å². The van der Waals surface area contributed by atoms with E-state index in [1.54, 1.807) is 0 Å². The third kappa shape index (κ3) is 1.65. The molecule has 0 amide bonds. The van der Waals surface area contributed by atoms with Gasteiger partial charge in [0.2, 0.25) is 0 Å². The lowest BCUT2D eigenvalue weighted by atomic mass is 10.1. The molecule has 1 aliphatic carbocycles. The van der Waals surface area contributed by atoms with Crippen LogP contribution in [0.5, 0.6) is 0 Å². The minimum atomic E-state index is -0.947. The number of aromatic nitrogens is 1. The maximum atomic E-state index is 10.8. The Kier molecular flexibility index (Phi) is 1.96. The van der Waals surface area contributed by atoms with Crippen LogP contribution in [0.4, 0.5) is 0 Å². The van der Waals surface area contributed by atoms with Crippen molar-refractivity contribution in [2.75, 3.05) is 0 Å². The molecule has 0 unspecified atom stereocenters. The number of pyridine rings is 1. The molecule has 3 nitrogen and oxygen atoms in total. The normalized spacial score (nSPS) is 15.8. The Labute approximate surface area is 80.4 Å². The summed E-state index contributed by atoms with van der Waals surface area (Å²) in [7, 11) is 0. The predicted octanol–water partition coefficient (Wildman–Crippen LogP) is 2.31. The van der Waals surface area contributed by atoms with Crippen LogP contribution in [-0.2, 0) is 0 Å². The molecule has 13 heavy (non-hydrogen) atoms. The largest absolute Gasteiger partial charge is 0.478 e. The summed E-state index contributed by atoms with van der Waals surface area (Å²) in [4.78, 5) is 14.9. The number of rotatable bonds is 2. The van der Waals surface area contributed by atoms with E-state index in [-0.39, 0.29) is 5.56 Å². The number of nitrogens with zero attached hydrogens (tertiary/aromatic N) is 1. The monoisotopic (exact) mass is 197 g/mol. The lowest BCUT2D eigenvalue weighted by Gasteiger charge is -2.02. The van der Waals surface area contributed by atoms with Gasteiger partial charge in [0.25, 0.3) is 0 Å². The van der Waals surface area contributed by atoms with E-state index in [9.17, 15) is 4.79 Å². The summed E-state index contributed by atoms with van der Waals surface area (Å²) in [6.07, 6.45) is 3.57. The van der Waals surface area contributed by atoms with Gasteiger partial charge in [-0.25, -0.2) is 4.79 Å². The highest BCUT2D eigenvalue weighted by molar-refractivity contribution is 6.30. The van der Waals surface area contributed by atoms with Crippen molar-refractivity contribution < 1.29 is 9.90 Å². The highest BCUT2D eigenvalue weighted by atomic mass is 35.5. The smallest absolute Gasteiger partial charge is 0.337 e. The quantitative estimate of drug-likeness (QED) is 0.792. The number of aromatic carboxylic acids is 1. The topological polar surface area (TPSA) is 50.2 Å². The molecule has 1 aliphatic rings. The molecule has 1 heterocycles. The fraction of sp³-hybridized carbons (Fsp3) is 0.333. The predicted molar refractivity (Wildman–Crippen MR) is 48.2 cm³/mol. The Hall–Kier alpha value is -1.09. The molecule has 0 radical (unpaired) electrons. The van der Waals surface area contributed by atoms with Crippen LogP contribution in [0.3, 0.4) is 0 Å². The summed E-state index contributed by atoms with van der Waals surface area (Å²) < 4.78 is 0. The van der Waals surface area contributed by atoms with Crippen molar-refractivity contribution in [3.8, 4) is 0 Å². The van der Waals surface area contributed by atoms with Crippen molar-refractivity contribution in [2.45, 2.75) is 18.8 Å². The van der Waals surface area contributed by atoms with E-state index in [1.807, 2.05) is 0 Å². The summed E-state index contributed by atoms with van der Waals surface area (Å²) in [5, 5.41) is 9.24. The minimum Gasteiger partial charge on any atom is -0.478 e. The Balaban J connectivity index is 2.47. The van der Waals surface area contributed by atoms with Gasteiger partial charge in [0.05, 0.1) is 16.3 Å².